The second kappa shape index (κ2) is 9.99. The van der Waals surface area contributed by atoms with E-state index in [0.29, 0.717) is 5.92 Å². The number of benzene rings is 1. The van der Waals surface area contributed by atoms with Crippen molar-refractivity contribution in [1.82, 2.24) is 15.5 Å². The summed E-state index contributed by atoms with van der Waals surface area (Å²) in [6, 6.07) is 10.6. The second-order valence-electron chi connectivity index (χ2n) is 7.49. The largest absolute Gasteiger partial charge is 0.350 e. The van der Waals surface area contributed by atoms with Gasteiger partial charge in [-0.2, -0.15) is 0 Å². The van der Waals surface area contributed by atoms with Crippen molar-refractivity contribution in [3.8, 4) is 0 Å². The molecule has 1 aliphatic rings. The summed E-state index contributed by atoms with van der Waals surface area (Å²) in [7, 11) is 1.77. The van der Waals surface area contributed by atoms with Gasteiger partial charge in [0.05, 0.1) is 6.54 Å². The number of amides is 1. The first-order chi connectivity index (χ1) is 11.4. The Morgan fingerprint density at radius 3 is 2.56 bits per heavy atom. The van der Waals surface area contributed by atoms with E-state index in [1.54, 1.807) is 7.05 Å². The van der Waals surface area contributed by atoms with Crippen LogP contribution in [0.3, 0.4) is 0 Å². The smallest absolute Gasteiger partial charge is 0.239 e. The number of rotatable bonds is 4. The summed E-state index contributed by atoms with van der Waals surface area (Å²) >= 11 is 0. The average Bonchev–Trinajstić information content (AvgIpc) is 2.95. The van der Waals surface area contributed by atoms with E-state index in [1.165, 1.54) is 5.56 Å². The van der Waals surface area contributed by atoms with E-state index in [2.05, 4.69) is 50.9 Å². The lowest BCUT2D eigenvalue weighted by atomic mass is 9.99. The predicted octanol–water partition coefficient (Wildman–Crippen LogP) is 2.66. The molecule has 0 radical (unpaired) electrons. The second-order valence-corrected chi connectivity index (χ2v) is 7.49. The normalized spacial score (nSPS) is 17.8. The van der Waals surface area contributed by atoms with Crippen LogP contribution in [0.25, 0.3) is 0 Å². The van der Waals surface area contributed by atoms with Crippen molar-refractivity contribution in [1.29, 1.82) is 0 Å². The van der Waals surface area contributed by atoms with Crippen molar-refractivity contribution < 1.29 is 4.79 Å². The van der Waals surface area contributed by atoms with Gasteiger partial charge in [0.25, 0.3) is 0 Å². The van der Waals surface area contributed by atoms with Crippen LogP contribution in [0, 0.1) is 5.92 Å². The predicted molar refractivity (Wildman–Crippen MR) is 114 cm³/mol. The summed E-state index contributed by atoms with van der Waals surface area (Å²) in [5, 5.41) is 6.14. The molecule has 140 valence electrons. The van der Waals surface area contributed by atoms with Crippen LogP contribution in [-0.2, 0) is 11.2 Å². The van der Waals surface area contributed by atoms with Crippen LogP contribution in [0.4, 0.5) is 0 Å². The molecular formula is C19H31IN4O. The molecular weight excluding hydrogens is 427 g/mol. The maximum atomic E-state index is 12.0. The van der Waals surface area contributed by atoms with Gasteiger partial charge in [0.1, 0.15) is 0 Å². The van der Waals surface area contributed by atoms with E-state index in [-0.39, 0.29) is 42.0 Å². The zero-order valence-corrected chi connectivity index (χ0v) is 18.0. The number of likely N-dealkylation sites (tertiary alicyclic amines) is 1. The van der Waals surface area contributed by atoms with Gasteiger partial charge in [0.15, 0.2) is 5.96 Å². The minimum absolute atomic E-state index is 0. The first-order valence-corrected chi connectivity index (χ1v) is 8.68. The standard InChI is InChI=1S/C19H30N4O.HI/c1-19(2,3)22-17(24)13-21-18(20-4)23-11-10-16(14-23)12-15-8-6-5-7-9-15;/h5-9,16H,10-14H2,1-4H3,(H,20,21)(H,22,24);1H. The van der Waals surface area contributed by atoms with E-state index in [9.17, 15) is 4.79 Å². The Morgan fingerprint density at radius 2 is 1.96 bits per heavy atom. The molecule has 6 heteroatoms. The molecule has 0 aromatic heterocycles. The van der Waals surface area contributed by atoms with Crippen LogP contribution in [0.2, 0.25) is 0 Å². The molecule has 1 unspecified atom stereocenters. The zero-order valence-electron chi connectivity index (χ0n) is 15.7. The Labute approximate surface area is 168 Å². The lowest BCUT2D eigenvalue weighted by Gasteiger charge is -2.24. The summed E-state index contributed by atoms with van der Waals surface area (Å²) < 4.78 is 0. The third kappa shape index (κ3) is 7.63. The fourth-order valence-electron chi connectivity index (χ4n) is 3.09. The molecule has 1 aromatic carbocycles. The van der Waals surface area contributed by atoms with Gasteiger partial charge in [-0.15, -0.1) is 24.0 Å². The van der Waals surface area contributed by atoms with E-state index in [4.69, 9.17) is 0 Å². The zero-order chi connectivity index (χ0) is 17.6. The van der Waals surface area contributed by atoms with Crippen LogP contribution in [0.15, 0.2) is 35.3 Å². The molecule has 1 amide bonds. The van der Waals surface area contributed by atoms with Gasteiger partial charge in [0.2, 0.25) is 5.91 Å². The molecule has 25 heavy (non-hydrogen) atoms. The third-order valence-corrected chi connectivity index (χ3v) is 4.09. The Balaban J connectivity index is 0.00000312. The summed E-state index contributed by atoms with van der Waals surface area (Å²) in [5.74, 6) is 1.44. The highest BCUT2D eigenvalue weighted by molar-refractivity contribution is 14.0. The number of carbonyl (C=O) groups excluding carboxylic acids is 1. The van der Waals surface area contributed by atoms with Crippen molar-refractivity contribution >= 4 is 35.8 Å². The minimum atomic E-state index is -0.212. The maximum Gasteiger partial charge on any atom is 0.239 e. The number of carbonyl (C=O) groups is 1. The van der Waals surface area contributed by atoms with Crippen molar-refractivity contribution in [2.75, 3.05) is 26.7 Å². The highest BCUT2D eigenvalue weighted by Crippen LogP contribution is 2.20. The Bertz CT molecular complexity index is 569. The molecule has 0 bridgehead atoms. The van der Waals surface area contributed by atoms with Gasteiger partial charge in [-0.25, -0.2) is 0 Å². The number of guanidine groups is 1. The quantitative estimate of drug-likeness (QED) is 0.415. The maximum absolute atomic E-state index is 12.0. The molecule has 1 saturated heterocycles. The highest BCUT2D eigenvalue weighted by atomic mass is 127. The van der Waals surface area contributed by atoms with Crippen molar-refractivity contribution in [2.24, 2.45) is 10.9 Å². The van der Waals surface area contributed by atoms with E-state index in [1.807, 2.05) is 20.8 Å². The monoisotopic (exact) mass is 458 g/mol. The summed E-state index contributed by atoms with van der Waals surface area (Å²) in [6.45, 7) is 8.16. The number of halogens is 1. The summed E-state index contributed by atoms with van der Waals surface area (Å²) in [5.41, 5.74) is 1.17. The molecule has 0 saturated carbocycles. The Morgan fingerprint density at radius 1 is 1.28 bits per heavy atom. The minimum Gasteiger partial charge on any atom is -0.350 e. The number of aliphatic imine (C=N–C) groups is 1. The van der Waals surface area contributed by atoms with Gasteiger partial charge in [0, 0.05) is 25.7 Å². The van der Waals surface area contributed by atoms with Crippen LogP contribution < -0.4 is 10.6 Å². The first kappa shape index (κ1) is 21.7. The van der Waals surface area contributed by atoms with Gasteiger partial charge in [-0.1, -0.05) is 30.3 Å². The molecule has 1 aliphatic heterocycles. The van der Waals surface area contributed by atoms with Crippen LogP contribution in [0.1, 0.15) is 32.8 Å². The topological polar surface area (TPSA) is 56.7 Å². The van der Waals surface area contributed by atoms with Crippen LogP contribution >= 0.6 is 24.0 Å². The molecule has 1 heterocycles. The summed E-state index contributed by atoms with van der Waals surface area (Å²) in [6.07, 6.45) is 2.25. The molecule has 0 spiro atoms. The fraction of sp³-hybridized carbons (Fsp3) is 0.579. The Hall–Kier alpha value is -1.31. The molecule has 5 nitrogen and oxygen atoms in total. The van der Waals surface area contributed by atoms with E-state index >= 15 is 0 Å². The van der Waals surface area contributed by atoms with Crippen molar-refractivity contribution in [2.45, 2.75) is 39.2 Å². The van der Waals surface area contributed by atoms with Gasteiger partial charge < -0.3 is 15.5 Å². The summed E-state index contributed by atoms with van der Waals surface area (Å²) in [4.78, 5) is 18.5. The molecule has 1 fully saturated rings. The van der Waals surface area contributed by atoms with Crippen LogP contribution in [-0.4, -0.2) is 49.0 Å². The van der Waals surface area contributed by atoms with Gasteiger partial charge in [-0.05, 0) is 45.1 Å². The van der Waals surface area contributed by atoms with Crippen molar-refractivity contribution in [3.63, 3.8) is 0 Å². The fourth-order valence-corrected chi connectivity index (χ4v) is 3.09. The average molecular weight is 458 g/mol. The highest BCUT2D eigenvalue weighted by Gasteiger charge is 2.25. The Kier molecular flexibility index (Phi) is 8.68. The molecule has 1 aromatic rings. The lowest BCUT2D eigenvalue weighted by Crippen LogP contribution is -2.48. The number of hydrogen-bond donors (Lipinski definition) is 2. The van der Waals surface area contributed by atoms with Gasteiger partial charge in [-0.3, -0.25) is 9.79 Å². The first-order valence-electron chi connectivity index (χ1n) is 8.68. The van der Waals surface area contributed by atoms with Crippen LogP contribution in [0.5, 0.6) is 0 Å². The number of nitrogens with one attached hydrogen (secondary N) is 2. The van der Waals surface area contributed by atoms with Crippen molar-refractivity contribution in [3.05, 3.63) is 35.9 Å². The molecule has 2 N–H and O–H groups in total. The third-order valence-electron chi connectivity index (χ3n) is 4.09. The molecule has 2 rings (SSSR count). The van der Waals surface area contributed by atoms with Gasteiger partial charge >= 0.3 is 0 Å². The lowest BCUT2D eigenvalue weighted by molar-refractivity contribution is -0.121. The van der Waals surface area contributed by atoms with E-state index in [0.717, 1.165) is 31.9 Å². The number of hydrogen-bond acceptors (Lipinski definition) is 2. The molecule has 0 aliphatic carbocycles. The SMILES string of the molecule is CN=C(NCC(=O)NC(C)(C)C)N1CCC(Cc2ccccc2)C1.I. The van der Waals surface area contributed by atoms with E-state index < -0.39 is 0 Å². The number of nitrogens with zero attached hydrogens (tertiary/aromatic N) is 2. The molecule has 1 atom stereocenters.